The number of fused-ring (bicyclic) bond motifs is 1. The number of ketones is 1. The van der Waals surface area contributed by atoms with Gasteiger partial charge in [-0.05, 0) is 50.2 Å². The zero-order chi connectivity index (χ0) is 28.5. The van der Waals surface area contributed by atoms with E-state index in [4.69, 9.17) is 9.47 Å². The molecule has 0 spiro atoms. The van der Waals surface area contributed by atoms with E-state index in [1.165, 1.54) is 50.4 Å². The largest absolute Gasteiger partial charge is 0.573 e. The number of aromatic nitrogens is 1. The number of rotatable bonds is 9. The zero-order valence-electron chi connectivity index (χ0n) is 21.2. The summed E-state index contributed by atoms with van der Waals surface area (Å²) in [6.45, 7) is 6.88. The number of nitrogens with zero attached hydrogens (tertiary/aromatic N) is 1. The maximum atomic E-state index is 13.9. The molecule has 0 fully saturated rings. The molecule has 4 rings (SSSR count). The summed E-state index contributed by atoms with van der Waals surface area (Å²) >= 11 is 0. The Balaban J connectivity index is 1.99. The Morgan fingerprint density at radius 2 is 1.67 bits per heavy atom. The van der Waals surface area contributed by atoms with E-state index < -0.39 is 27.9 Å². The predicted octanol–water partition coefficient (Wildman–Crippen LogP) is 6.20. The van der Waals surface area contributed by atoms with Gasteiger partial charge in [0.25, 0.3) is 10.0 Å². The standard InChI is InChI=1S/C28H24F3NO6S/c1-5-14-37-25-16-19(36-4)8-13-23(25)27(33)26-18(3)32(39(34,35)21-10-6-17(2)7-11-21)24-15-20(9-12-22(24)26)38-28(29,30)31/h5-13,15-16H,1,14H2,2-4H3. The summed E-state index contributed by atoms with van der Waals surface area (Å²) in [6.07, 6.45) is -3.52. The third kappa shape index (κ3) is 5.49. The number of aryl methyl sites for hydroxylation is 1. The molecule has 11 heteroatoms. The second-order valence-electron chi connectivity index (χ2n) is 8.56. The third-order valence-corrected chi connectivity index (χ3v) is 7.75. The molecule has 0 aliphatic heterocycles. The van der Waals surface area contributed by atoms with Crippen LogP contribution in [0.4, 0.5) is 13.2 Å². The van der Waals surface area contributed by atoms with Crippen molar-refractivity contribution in [3.8, 4) is 17.2 Å². The Labute approximate surface area is 223 Å². The monoisotopic (exact) mass is 559 g/mol. The summed E-state index contributed by atoms with van der Waals surface area (Å²) < 4.78 is 82.3. The molecule has 0 saturated heterocycles. The zero-order valence-corrected chi connectivity index (χ0v) is 22.0. The van der Waals surface area contributed by atoms with E-state index in [2.05, 4.69) is 11.3 Å². The van der Waals surface area contributed by atoms with Crippen LogP contribution in [0.1, 0.15) is 27.2 Å². The number of alkyl halides is 3. The van der Waals surface area contributed by atoms with Gasteiger partial charge in [0, 0.05) is 23.2 Å². The average Bonchev–Trinajstić information content (AvgIpc) is 3.17. The second-order valence-corrected chi connectivity index (χ2v) is 10.3. The van der Waals surface area contributed by atoms with Crippen LogP contribution in [-0.2, 0) is 10.0 Å². The van der Waals surface area contributed by atoms with Gasteiger partial charge >= 0.3 is 6.36 Å². The molecule has 39 heavy (non-hydrogen) atoms. The highest BCUT2D eigenvalue weighted by atomic mass is 32.2. The number of benzene rings is 3. The van der Waals surface area contributed by atoms with Crippen molar-refractivity contribution in [2.24, 2.45) is 0 Å². The van der Waals surface area contributed by atoms with Crippen molar-refractivity contribution in [2.75, 3.05) is 13.7 Å². The molecular weight excluding hydrogens is 535 g/mol. The van der Waals surface area contributed by atoms with Gasteiger partial charge in [0.2, 0.25) is 0 Å². The normalized spacial score (nSPS) is 11.8. The van der Waals surface area contributed by atoms with Crippen LogP contribution < -0.4 is 14.2 Å². The molecule has 4 aromatic rings. The van der Waals surface area contributed by atoms with E-state index in [-0.39, 0.29) is 45.0 Å². The molecule has 3 aromatic carbocycles. The molecule has 7 nitrogen and oxygen atoms in total. The van der Waals surface area contributed by atoms with Gasteiger partial charge in [-0.3, -0.25) is 4.79 Å². The Hall–Kier alpha value is -4.25. The number of methoxy groups -OCH3 is 1. The first-order valence-electron chi connectivity index (χ1n) is 11.6. The number of carbonyl (C=O) groups is 1. The fraction of sp³-hybridized carbons (Fsp3) is 0.179. The molecule has 0 amide bonds. The van der Waals surface area contributed by atoms with Crippen molar-refractivity contribution in [2.45, 2.75) is 25.1 Å². The maximum absolute atomic E-state index is 13.9. The van der Waals surface area contributed by atoms with Crippen LogP contribution in [0.25, 0.3) is 10.9 Å². The molecule has 0 saturated carbocycles. The van der Waals surface area contributed by atoms with Crippen LogP contribution in [-0.4, -0.2) is 38.3 Å². The minimum absolute atomic E-state index is 0.00484. The molecule has 204 valence electrons. The summed E-state index contributed by atoms with van der Waals surface area (Å²) in [5.41, 5.74) is 0.743. The summed E-state index contributed by atoms with van der Waals surface area (Å²) in [5, 5.41) is 0.119. The van der Waals surface area contributed by atoms with Crippen LogP contribution in [0.15, 0.2) is 78.2 Å². The lowest BCUT2D eigenvalue weighted by Crippen LogP contribution is -2.17. The summed E-state index contributed by atoms with van der Waals surface area (Å²) in [5.74, 6) is -0.647. The van der Waals surface area contributed by atoms with E-state index in [0.29, 0.717) is 5.75 Å². The lowest BCUT2D eigenvalue weighted by Gasteiger charge is -2.13. The summed E-state index contributed by atoms with van der Waals surface area (Å²) in [6, 6.07) is 13.7. The molecule has 0 radical (unpaired) electrons. The van der Waals surface area contributed by atoms with E-state index >= 15 is 0 Å². The number of ether oxygens (including phenoxy) is 3. The highest BCUT2D eigenvalue weighted by Gasteiger charge is 2.33. The first-order valence-corrected chi connectivity index (χ1v) is 13.0. The van der Waals surface area contributed by atoms with Crippen LogP contribution in [0.2, 0.25) is 0 Å². The lowest BCUT2D eigenvalue weighted by molar-refractivity contribution is -0.274. The lowest BCUT2D eigenvalue weighted by atomic mass is 9.99. The van der Waals surface area contributed by atoms with Crippen molar-refractivity contribution in [3.05, 3.63) is 95.7 Å². The van der Waals surface area contributed by atoms with Crippen molar-refractivity contribution in [3.63, 3.8) is 0 Å². The van der Waals surface area contributed by atoms with Crippen molar-refractivity contribution < 1.29 is 40.6 Å². The van der Waals surface area contributed by atoms with Crippen molar-refractivity contribution in [1.29, 1.82) is 0 Å². The van der Waals surface area contributed by atoms with Gasteiger partial charge in [-0.25, -0.2) is 12.4 Å². The highest BCUT2D eigenvalue weighted by molar-refractivity contribution is 7.90. The van der Waals surface area contributed by atoms with E-state index in [9.17, 15) is 26.4 Å². The van der Waals surface area contributed by atoms with Gasteiger partial charge in [-0.1, -0.05) is 30.4 Å². The first kappa shape index (κ1) is 27.8. The molecule has 0 atom stereocenters. The van der Waals surface area contributed by atoms with Gasteiger partial charge in [0.05, 0.1) is 28.6 Å². The SMILES string of the molecule is C=CCOc1cc(OC)ccc1C(=O)c1c(C)n(S(=O)(=O)c2ccc(C)cc2)c2cc(OC(F)(F)F)ccc12. The molecule has 1 heterocycles. The van der Waals surface area contributed by atoms with Gasteiger partial charge in [0.15, 0.2) is 5.78 Å². The fourth-order valence-electron chi connectivity index (χ4n) is 4.20. The van der Waals surface area contributed by atoms with Crippen molar-refractivity contribution in [1.82, 2.24) is 3.97 Å². The molecule has 0 unspecified atom stereocenters. The first-order chi connectivity index (χ1) is 18.4. The van der Waals surface area contributed by atoms with Crippen LogP contribution in [0, 0.1) is 13.8 Å². The predicted molar refractivity (Wildman–Crippen MR) is 139 cm³/mol. The topological polar surface area (TPSA) is 83.8 Å². The molecule has 0 aliphatic rings. The van der Waals surface area contributed by atoms with Gasteiger partial charge < -0.3 is 14.2 Å². The summed E-state index contributed by atoms with van der Waals surface area (Å²) in [7, 11) is -2.89. The average molecular weight is 560 g/mol. The quantitative estimate of drug-likeness (QED) is 0.179. The number of hydrogen-bond donors (Lipinski definition) is 0. The Morgan fingerprint density at radius 1 is 1.00 bits per heavy atom. The van der Waals surface area contributed by atoms with E-state index in [0.717, 1.165) is 21.7 Å². The Morgan fingerprint density at radius 3 is 2.28 bits per heavy atom. The van der Waals surface area contributed by atoms with E-state index in [1.807, 2.05) is 0 Å². The van der Waals surface area contributed by atoms with Gasteiger partial charge in [0.1, 0.15) is 23.9 Å². The minimum atomic E-state index is -5.00. The Kier molecular flexibility index (Phi) is 7.47. The minimum Gasteiger partial charge on any atom is -0.497 e. The van der Waals surface area contributed by atoms with Crippen LogP contribution in [0.3, 0.4) is 0 Å². The second kappa shape index (κ2) is 10.5. The maximum Gasteiger partial charge on any atom is 0.573 e. The molecule has 1 aromatic heterocycles. The number of hydrogen-bond acceptors (Lipinski definition) is 6. The van der Waals surface area contributed by atoms with Crippen LogP contribution in [0.5, 0.6) is 17.2 Å². The number of carbonyl (C=O) groups excluding carboxylic acids is 1. The molecule has 0 aliphatic carbocycles. The molecular formula is C28H24F3NO6S. The number of halogens is 3. The van der Waals surface area contributed by atoms with E-state index in [1.54, 1.807) is 25.1 Å². The molecule has 0 N–H and O–H groups in total. The summed E-state index contributed by atoms with van der Waals surface area (Å²) in [4.78, 5) is 13.8. The Bertz CT molecular complexity index is 1670. The smallest absolute Gasteiger partial charge is 0.497 e. The highest BCUT2D eigenvalue weighted by Crippen LogP contribution is 2.37. The van der Waals surface area contributed by atoms with Crippen molar-refractivity contribution >= 4 is 26.7 Å². The van der Waals surface area contributed by atoms with Gasteiger partial charge in [-0.15, -0.1) is 13.2 Å². The third-order valence-electron chi connectivity index (χ3n) is 5.93. The van der Waals surface area contributed by atoms with Crippen LogP contribution >= 0.6 is 0 Å². The van der Waals surface area contributed by atoms with Gasteiger partial charge in [-0.2, -0.15) is 0 Å². The molecule has 0 bridgehead atoms. The fourth-order valence-corrected chi connectivity index (χ4v) is 5.75.